The summed E-state index contributed by atoms with van der Waals surface area (Å²) in [6.07, 6.45) is 4.99. The van der Waals surface area contributed by atoms with Gasteiger partial charge in [0.25, 0.3) is 0 Å². The van der Waals surface area contributed by atoms with Crippen LogP contribution in [0.15, 0.2) is 30.7 Å². The van der Waals surface area contributed by atoms with Gasteiger partial charge in [0.2, 0.25) is 0 Å². The minimum absolute atomic E-state index is 0.492. The molecule has 2 N–H and O–H groups in total. The van der Waals surface area contributed by atoms with Gasteiger partial charge in [-0.05, 0) is 6.07 Å². The van der Waals surface area contributed by atoms with Crippen LogP contribution in [0.3, 0.4) is 0 Å². The van der Waals surface area contributed by atoms with E-state index in [1.54, 1.807) is 35.4 Å². The van der Waals surface area contributed by atoms with Crippen molar-refractivity contribution in [2.24, 2.45) is 0 Å². The molecule has 0 radical (unpaired) electrons. The number of nitrogens with zero attached hydrogens (tertiary/aromatic N) is 4. The van der Waals surface area contributed by atoms with Gasteiger partial charge >= 0.3 is 0 Å². The molecule has 60 valence electrons. The van der Waals surface area contributed by atoms with E-state index in [0.29, 0.717) is 5.82 Å². The Balaban J connectivity index is 2.45. The predicted octanol–water partition coefficient (Wildman–Crippen LogP) is 0.244. The summed E-state index contributed by atoms with van der Waals surface area (Å²) in [4.78, 5) is 0. The van der Waals surface area contributed by atoms with Crippen LogP contribution >= 0.6 is 0 Å². The van der Waals surface area contributed by atoms with Crippen LogP contribution in [0.4, 0.5) is 5.82 Å². The van der Waals surface area contributed by atoms with Crippen molar-refractivity contribution in [3.8, 4) is 5.69 Å². The highest BCUT2D eigenvalue weighted by atomic mass is 15.3. The number of hydrogen-bond donors (Lipinski definition) is 1. The molecule has 0 bridgehead atoms. The minimum Gasteiger partial charge on any atom is -0.382 e. The Bertz CT molecular complexity index is 366. The van der Waals surface area contributed by atoms with Gasteiger partial charge in [-0.25, -0.2) is 4.68 Å². The monoisotopic (exact) mass is 161 g/mol. The molecule has 0 spiro atoms. The molecule has 5 heteroatoms. The maximum Gasteiger partial charge on any atom is 0.145 e. The third kappa shape index (κ3) is 1.12. The molecule has 0 atom stereocenters. The van der Waals surface area contributed by atoms with E-state index >= 15 is 0 Å². The fourth-order valence-corrected chi connectivity index (χ4v) is 0.901. The maximum absolute atomic E-state index is 5.45. The van der Waals surface area contributed by atoms with Crippen molar-refractivity contribution in [3.63, 3.8) is 0 Å². The SMILES string of the molecule is Nc1ccn(-c2ccnnc2)n1. The van der Waals surface area contributed by atoms with E-state index in [2.05, 4.69) is 15.3 Å². The molecule has 2 aromatic rings. The molecule has 0 aliphatic rings. The summed E-state index contributed by atoms with van der Waals surface area (Å²) in [5.74, 6) is 0.492. The van der Waals surface area contributed by atoms with Crippen molar-refractivity contribution in [1.82, 2.24) is 20.0 Å². The lowest BCUT2D eigenvalue weighted by molar-refractivity contribution is 0.863. The van der Waals surface area contributed by atoms with Crippen molar-refractivity contribution in [1.29, 1.82) is 0 Å². The second kappa shape index (κ2) is 2.61. The van der Waals surface area contributed by atoms with E-state index < -0.39 is 0 Å². The molecule has 0 unspecified atom stereocenters. The summed E-state index contributed by atoms with van der Waals surface area (Å²) in [6, 6.07) is 3.53. The summed E-state index contributed by atoms with van der Waals surface area (Å²) in [5.41, 5.74) is 6.30. The molecule has 0 saturated heterocycles. The Labute approximate surface area is 68.8 Å². The van der Waals surface area contributed by atoms with Gasteiger partial charge in [-0.1, -0.05) is 0 Å². The lowest BCUT2D eigenvalue weighted by Gasteiger charge is -1.96. The molecule has 0 saturated carbocycles. The zero-order chi connectivity index (χ0) is 8.39. The Kier molecular flexibility index (Phi) is 1.48. The van der Waals surface area contributed by atoms with Gasteiger partial charge in [0, 0.05) is 12.3 Å². The molecular formula is C7H7N5. The maximum atomic E-state index is 5.45. The Morgan fingerprint density at radius 2 is 2.17 bits per heavy atom. The topological polar surface area (TPSA) is 69.6 Å². The zero-order valence-corrected chi connectivity index (χ0v) is 6.25. The quantitative estimate of drug-likeness (QED) is 0.650. The van der Waals surface area contributed by atoms with Crippen LogP contribution in [-0.4, -0.2) is 20.0 Å². The van der Waals surface area contributed by atoms with Gasteiger partial charge in [-0.3, -0.25) is 0 Å². The molecule has 2 heterocycles. The van der Waals surface area contributed by atoms with E-state index in [4.69, 9.17) is 5.73 Å². The van der Waals surface area contributed by atoms with Gasteiger partial charge in [0.15, 0.2) is 0 Å². The summed E-state index contributed by atoms with van der Waals surface area (Å²) in [7, 11) is 0. The Hall–Kier alpha value is -1.91. The number of nitrogens with two attached hydrogens (primary N) is 1. The molecule has 0 amide bonds. The fourth-order valence-electron chi connectivity index (χ4n) is 0.901. The van der Waals surface area contributed by atoms with Crippen LogP contribution in [0, 0.1) is 0 Å². The van der Waals surface area contributed by atoms with Crippen LogP contribution in [0.1, 0.15) is 0 Å². The van der Waals surface area contributed by atoms with Crippen LogP contribution in [0.2, 0.25) is 0 Å². The lowest BCUT2D eigenvalue weighted by Crippen LogP contribution is -1.96. The fraction of sp³-hybridized carbons (Fsp3) is 0. The molecule has 2 aromatic heterocycles. The van der Waals surface area contributed by atoms with Crippen molar-refractivity contribution in [3.05, 3.63) is 30.7 Å². The minimum atomic E-state index is 0.492. The van der Waals surface area contributed by atoms with Crippen molar-refractivity contribution in [2.75, 3.05) is 5.73 Å². The number of anilines is 1. The molecular weight excluding hydrogens is 154 g/mol. The summed E-state index contributed by atoms with van der Waals surface area (Å²) in [6.45, 7) is 0. The smallest absolute Gasteiger partial charge is 0.145 e. The first-order valence-corrected chi connectivity index (χ1v) is 3.44. The van der Waals surface area contributed by atoms with Gasteiger partial charge in [-0.15, -0.1) is 0 Å². The standard InChI is InChI=1S/C7H7N5/c8-7-2-4-12(11-7)6-1-3-9-10-5-6/h1-5H,(H2,8,11). The van der Waals surface area contributed by atoms with E-state index in [1.165, 1.54) is 0 Å². The highest BCUT2D eigenvalue weighted by Gasteiger charge is 1.96. The van der Waals surface area contributed by atoms with Gasteiger partial charge in [0.05, 0.1) is 18.1 Å². The van der Waals surface area contributed by atoms with Crippen LogP contribution in [-0.2, 0) is 0 Å². The molecule has 0 aromatic carbocycles. The first-order valence-electron chi connectivity index (χ1n) is 3.44. The predicted molar refractivity (Wildman–Crippen MR) is 43.6 cm³/mol. The van der Waals surface area contributed by atoms with Crippen LogP contribution in [0.5, 0.6) is 0 Å². The molecule has 12 heavy (non-hydrogen) atoms. The van der Waals surface area contributed by atoms with E-state index in [-0.39, 0.29) is 0 Å². The molecule has 0 aliphatic heterocycles. The third-order valence-electron chi connectivity index (χ3n) is 1.44. The third-order valence-corrected chi connectivity index (χ3v) is 1.44. The molecule has 2 rings (SSSR count). The average molecular weight is 161 g/mol. The van der Waals surface area contributed by atoms with Crippen molar-refractivity contribution < 1.29 is 0 Å². The first kappa shape index (κ1) is 6.78. The molecule has 0 fully saturated rings. The van der Waals surface area contributed by atoms with E-state index in [1.807, 2.05) is 0 Å². The van der Waals surface area contributed by atoms with Crippen LogP contribution in [0.25, 0.3) is 5.69 Å². The summed E-state index contributed by atoms with van der Waals surface area (Å²) >= 11 is 0. The van der Waals surface area contributed by atoms with Gasteiger partial charge in [0.1, 0.15) is 5.82 Å². The zero-order valence-electron chi connectivity index (χ0n) is 6.25. The molecule has 0 aliphatic carbocycles. The second-order valence-electron chi connectivity index (χ2n) is 2.29. The van der Waals surface area contributed by atoms with Gasteiger partial charge < -0.3 is 5.73 Å². The summed E-state index contributed by atoms with van der Waals surface area (Å²) < 4.78 is 1.64. The second-order valence-corrected chi connectivity index (χ2v) is 2.29. The van der Waals surface area contributed by atoms with E-state index in [9.17, 15) is 0 Å². The number of rotatable bonds is 1. The Morgan fingerprint density at radius 3 is 2.75 bits per heavy atom. The normalized spacial score (nSPS) is 10.0. The molecule has 5 nitrogen and oxygen atoms in total. The first-order chi connectivity index (χ1) is 5.86. The van der Waals surface area contributed by atoms with Crippen LogP contribution < -0.4 is 5.73 Å². The van der Waals surface area contributed by atoms with Crippen molar-refractivity contribution >= 4 is 5.82 Å². The number of aromatic nitrogens is 4. The summed E-state index contributed by atoms with van der Waals surface area (Å²) in [5, 5.41) is 11.4. The highest BCUT2D eigenvalue weighted by Crippen LogP contribution is 2.04. The number of nitrogen functional groups attached to an aromatic ring is 1. The van der Waals surface area contributed by atoms with Gasteiger partial charge in [-0.2, -0.15) is 15.3 Å². The lowest BCUT2D eigenvalue weighted by atomic mass is 10.5. The highest BCUT2D eigenvalue weighted by molar-refractivity contribution is 5.31. The number of hydrogen-bond acceptors (Lipinski definition) is 4. The largest absolute Gasteiger partial charge is 0.382 e. The van der Waals surface area contributed by atoms with Crippen molar-refractivity contribution in [2.45, 2.75) is 0 Å². The Morgan fingerprint density at radius 1 is 1.25 bits per heavy atom. The van der Waals surface area contributed by atoms with E-state index in [0.717, 1.165) is 5.69 Å². The average Bonchev–Trinajstić information content (AvgIpc) is 2.54.